The summed E-state index contributed by atoms with van der Waals surface area (Å²) in [6, 6.07) is 6.24. The lowest BCUT2D eigenvalue weighted by molar-refractivity contribution is 0.529. The van der Waals surface area contributed by atoms with Crippen molar-refractivity contribution in [3.63, 3.8) is 0 Å². The van der Waals surface area contributed by atoms with Gasteiger partial charge in [0.2, 0.25) is 0 Å². The molecule has 100 valence electrons. The second-order valence-electron chi connectivity index (χ2n) is 5.16. The van der Waals surface area contributed by atoms with Gasteiger partial charge in [-0.3, -0.25) is 0 Å². The van der Waals surface area contributed by atoms with Crippen molar-refractivity contribution in [3.8, 4) is 0 Å². The predicted octanol–water partition coefficient (Wildman–Crippen LogP) is 3.69. The summed E-state index contributed by atoms with van der Waals surface area (Å²) in [6.07, 6.45) is 3.95. The van der Waals surface area contributed by atoms with Gasteiger partial charge in [-0.25, -0.2) is 0 Å². The van der Waals surface area contributed by atoms with Gasteiger partial charge in [-0.05, 0) is 37.9 Å². The number of nitrogens with one attached hydrogen (secondary N) is 1. The third kappa shape index (κ3) is 2.99. The summed E-state index contributed by atoms with van der Waals surface area (Å²) in [4.78, 5) is 2.50. The molecular weight excluding hydrogens is 244 g/mol. The summed E-state index contributed by atoms with van der Waals surface area (Å²) in [6.45, 7) is 5.46. The topological polar surface area (TPSA) is 15.3 Å². The molecular formula is C15H23ClN2. The van der Waals surface area contributed by atoms with E-state index < -0.39 is 0 Å². The summed E-state index contributed by atoms with van der Waals surface area (Å²) >= 11 is 6.32. The zero-order valence-corrected chi connectivity index (χ0v) is 12.1. The number of hydrogen-bond acceptors (Lipinski definition) is 2. The van der Waals surface area contributed by atoms with E-state index in [4.69, 9.17) is 11.6 Å². The van der Waals surface area contributed by atoms with Crippen LogP contribution in [0.2, 0.25) is 5.02 Å². The molecule has 1 aliphatic heterocycles. The van der Waals surface area contributed by atoms with E-state index in [1.807, 2.05) is 13.1 Å². The first kappa shape index (κ1) is 13.7. The Bertz CT molecular complexity index is 392. The SMILES string of the molecule is CCCC1CCN(c2cccc(Cl)c2CNC)C1. The van der Waals surface area contributed by atoms with Gasteiger partial charge < -0.3 is 10.2 Å². The van der Waals surface area contributed by atoms with Crippen molar-refractivity contribution < 1.29 is 0 Å². The van der Waals surface area contributed by atoms with Crippen LogP contribution in [-0.2, 0) is 6.54 Å². The molecule has 1 aliphatic rings. The van der Waals surface area contributed by atoms with Crippen LogP contribution in [-0.4, -0.2) is 20.1 Å². The largest absolute Gasteiger partial charge is 0.371 e. The highest BCUT2D eigenvalue weighted by molar-refractivity contribution is 6.31. The Labute approximate surface area is 115 Å². The van der Waals surface area contributed by atoms with Gasteiger partial charge in [-0.15, -0.1) is 0 Å². The molecule has 0 radical (unpaired) electrons. The molecule has 18 heavy (non-hydrogen) atoms. The zero-order valence-electron chi connectivity index (χ0n) is 11.4. The first-order chi connectivity index (χ1) is 8.76. The molecule has 0 amide bonds. The number of benzene rings is 1. The average molecular weight is 267 g/mol. The lowest BCUT2D eigenvalue weighted by Crippen LogP contribution is -2.22. The Morgan fingerprint density at radius 1 is 1.44 bits per heavy atom. The van der Waals surface area contributed by atoms with E-state index in [1.165, 1.54) is 43.6 Å². The Morgan fingerprint density at radius 3 is 3.00 bits per heavy atom. The summed E-state index contributed by atoms with van der Waals surface area (Å²) in [5.74, 6) is 0.858. The Balaban J connectivity index is 2.16. The van der Waals surface area contributed by atoms with Gasteiger partial charge in [0.05, 0.1) is 0 Å². The van der Waals surface area contributed by atoms with Crippen molar-refractivity contribution in [2.75, 3.05) is 25.0 Å². The van der Waals surface area contributed by atoms with Gasteiger partial charge in [0.15, 0.2) is 0 Å². The summed E-state index contributed by atoms with van der Waals surface area (Å²) in [5.41, 5.74) is 2.55. The van der Waals surface area contributed by atoms with E-state index in [1.54, 1.807) is 0 Å². The molecule has 1 atom stereocenters. The second-order valence-corrected chi connectivity index (χ2v) is 5.56. The molecule has 1 unspecified atom stereocenters. The molecule has 1 saturated heterocycles. The molecule has 3 heteroatoms. The van der Waals surface area contributed by atoms with E-state index in [0.29, 0.717) is 0 Å². The molecule has 0 spiro atoms. The molecule has 1 heterocycles. The highest BCUT2D eigenvalue weighted by Gasteiger charge is 2.23. The standard InChI is InChI=1S/C15H23ClN2/c1-3-5-12-8-9-18(11-12)15-7-4-6-14(16)13(15)10-17-2/h4,6-7,12,17H,3,5,8-11H2,1-2H3. The van der Waals surface area contributed by atoms with Gasteiger partial charge >= 0.3 is 0 Å². The first-order valence-corrected chi connectivity index (χ1v) is 7.31. The van der Waals surface area contributed by atoms with E-state index >= 15 is 0 Å². The van der Waals surface area contributed by atoms with E-state index in [2.05, 4.69) is 29.3 Å². The second kappa shape index (κ2) is 6.44. The van der Waals surface area contributed by atoms with Gasteiger partial charge in [0.1, 0.15) is 0 Å². The minimum absolute atomic E-state index is 0.837. The van der Waals surface area contributed by atoms with Gasteiger partial charge in [0, 0.05) is 35.9 Å². The van der Waals surface area contributed by atoms with Crippen LogP contribution in [0.4, 0.5) is 5.69 Å². The maximum absolute atomic E-state index is 6.32. The minimum atomic E-state index is 0.837. The molecule has 1 fully saturated rings. The van der Waals surface area contributed by atoms with Crippen LogP contribution in [0.1, 0.15) is 31.7 Å². The molecule has 1 N–H and O–H groups in total. The lowest BCUT2D eigenvalue weighted by atomic mass is 10.0. The predicted molar refractivity (Wildman–Crippen MR) is 79.4 cm³/mol. The van der Waals surface area contributed by atoms with Crippen LogP contribution >= 0.6 is 11.6 Å². The zero-order chi connectivity index (χ0) is 13.0. The monoisotopic (exact) mass is 266 g/mol. The lowest BCUT2D eigenvalue weighted by Gasteiger charge is -2.23. The molecule has 1 aromatic carbocycles. The Morgan fingerprint density at radius 2 is 2.28 bits per heavy atom. The van der Waals surface area contributed by atoms with Crippen molar-refractivity contribution in [1.82, 2.24) is 5.32 Å². The molecule has 2 nitrogen and oxygen atoms in total. The van der Waals surface area contributed by atoms with Crippen molar-refractivity contribution in [3.05, 3.63) is 28.8 Å². The number of nitrogens with zero attached hydrogens (tertiary/aromatic N) is 1. The number of rotatable bonds is 5. The molecule has 0 aliphatic carbocycles. The normalized spacial score (nSPS) is 19.5. The Kier molecular flexibility index (Phi) is 4.90. The summed E-state index contributed by atoms with van der Waals surface area (Å²) in [7, 11) is 1.97. The van der Waals surface area contributed by atoms with E-state index in [-0.39, 0.29) is 0 Å². The quantitative estimate of drug-likeness (QED) is 0.875. The fraction of sp³-hybridized carbons (Fsp3) is 0.600. The van der Waals surface area contributed by atoms with Crippen LogP contribution in [0.15, 0.2) is 18.2 Å². The first-order valence-electron chi connectivity index (χ1n) is 6.93. The number of hydrogen-bond donors (Lipinski definition) is 1. The van der Waals surface area contributed by atoms with Crippen molar-refractivity contribution in [1.29, 1.82) is 0 Å². The van der Waals surface area contributed by atoms with Crippen molar-refractivity contribution in [2.45, 2.75) is 32.7 Å². The maximum atomic E-state index is 6.32. The molecule has 0 bridgehead atoms. The molecule has 2 rings (SSSR count). The van der Waals surface area contributed by atoms with Crippen LogP contribution in [0.5, 0.6) is 0 Å². The minimum Gasteiger partial charge on any atom is -0.371 e. The van der Waals surface area contributed by atoms with Crippen LogP contribution < -0.4 is 10.2 Å². The molecule has 1 aromatic rings. The highest BCUT2D eigenvalue weighted by atomic mass is 35.5. The van der Waals surface area contributed by atoms with Gasteiger partial charge in [-0.2, -0.15) is 0 Å². The van der Waals surface area contributed by atoms with E-state index in [9.17, 15) is 0 Å². The summed E-state index contributed by atoms with van der Waals surface area (Å²) in [5, 5.41) is 4.09. The number of halogens is 1. The molecule has 0 aromatic heterocycles. The van der Waals surface area contributed by atoms with Crippen LogP contribution in [0.25, 0.3) is 0 Å². The summed E-state index contributed by atoms with van der Waals surface area (Å²) < 4.78 is 0. The molecule has 0 saturated carbocycles. The van der Waals surface area contributed by atoms with Gasteiger partial charge in [-0.1, -0.05) is 31.0 Å². The van der Waals surface area contributed by atoms with Crippen LogP contribution in [0.3, 0.4) is 0 Å². The number of anilines is 1. The average Bonchev–Trinajstić information content (AvgIpc) is 2.81. The van der Waals surface area contributed by atoms with Crippen molar-refractivity contribution >= 4 is 17.3 Å². The maximum Gasteiger partial charge on any atom is 0.0471 e. The van der Waals surface area contributed by atoms with Gasteiger partial charge in [0.25, 0.3) is 0 Å². The van der Waals surface area contributed by atoms with Crippen LogP contribution in [0, 0.1) is 5.92 Å². The smallest absolute Gasteiger partial charge is 0.0471 e. The van der Waals surface area contributed by atoms with Crippen molar-refractivity contribution in [2.24, 2.45) is 5.92 Å². The highest BCUT2D eigenvalue weighted by Crippen LogP contribution is 2.32. The fourth-order valence-electron chi connectivity index (χ4n) is 2.89. The third-order valence-electron chi connectivity index (χ3n) is 3.77. The van der Waals surface area contributed by atoms with E-state index in [0.717, 1.165) is 17.5 Å². The fourth-order valence-corrected chi connectivity index (χ4v) is 3.13. The third-order valence-corrected chi connectivity index (χ3v) is 4.13. The Hall–Kier alpha value is -0.730.